The van der Waals surface area contributed by atoms with Crippen LogP contribution in [-0.4, -0.2) is 89.0 Å². The number of H-pyrrole nitrogens is 1. The van der Waals surface area contributed by atoms with Crippen LogP contribution in [0.1, 0.15) is 12.5 Å². The highest BCUT2D eigenvalue weighted by molar-refractivity contribution is 7.33. The Labute approximate surface area is 238 Å². The van der Waals surface area contributed by atoms with Gasteiger partial charge in [-0.3, -0.25) is 32.6 Å². The molecule has 230 valence electrons. The second-order valence-electron chi connectivity index (χ2n) is 9.66. The van der Waals surface area contributed by atoms with E-state index in [1.54, 1.807) is 0 Å². The maximum absolute atomic E-state index is 15.8. The van der Waals surface area contributed by atoms with Crippen molar-refractivity contribution < 1.29 is 45.5 Å². The number of nitrogens with one attached hydrogen (secondary N) is 1. The summed E-state index contributed by atoms with van der Waals surface area (Å²) in [6.45, 7) is -1.20. The van der Waals surface area contributed by atoms with Crippen LogP contribution < -0.4 is 17.0 Å². The summed E-state index contributed by atoms with van der Waals surface area (Å²) < 4.78 is 92.5. The average Bonchev–Trinajstić information content (AvgIpc) is 3.72. The fourth-order valence-electron chi connectivity index (χ4n) is 5.15. The lowest BCUT2D eigenvalue weighted by molar-refractivity contribution is -0.0553. The molecule has 3 aliphatic rings. The van der Waals surface area contributed by atoms with E-state index in [4.69, 9.17) is 39.0 Å². The molecular weight excluding hydrogens is 624 g/mol. The zero-order valence-corrected chi connectivity index (χ0v) is 23.5. The molecule has 23 heteroatoms. The van der Waals surface area contributed by atoms with Crippen LogP contribution in [0.5, 0.6) is 0 Å². The molecule has 5 N–H and O–H groups in total. The Morgan fingerprint density at radius 1 is 0.837 bits per heavy atom. The Morgan fingerprint density at radius 3 is 2.26 bits per heavy atom. The Balaban J connectivity index is 1.16. The number of ether oxygens (including phenoxy) is 2. The number of aromatic amines is 1. The molecular formula is C20H22F2N10O9P2. The highest BCUT2D eigenvalue weighted by atomic mass is 31.1. The van der Waals surface area contributed by atoms with Gasteiger partial charge in [0.05, 0.1) is 25.9 Å². The standard InChI is InChI=1S/C20H22F2N10O9P2/c21-8-6-1-36-42(34)40-12-7(39-18(9(12)22)31-4-27-10-14(23)25-3-26-15(10)31)2-37-43(35)41-13(8)19(38-6)32-5-28-11-16(32)29-20(24)30-17(11)33/h3-9,12-13,18-19,42-43H,1-2H2,(H2,23,25,26)(H3,24,29,30,33)/t6-,7-,8-,9-,12-,13-,18-,19-/m1/s1. The van der Waals surface area contributed by atoms with Gasteiger partial charge in [-0.15, -0.1) is 0 Å². The van der Waals surface area contributed by atoms with Crippen molar-refractivity contribution in [3.8, 4) is 0 Å². The van der Waals surface area contributed by atoms with Crippen LogP contribution in [0.4, 0.5) is 20.5 Å². The number of hydrogen-bond acceptors (Lipinski definition) is 16. The van der Waals surface area contributed by atoms with Crippen LogP contribution in [0, 0.1) is 0 Å². The highest BCUT2D eigenvalue weighted by Crippen LogP contribution is 2.45. The third kappa shape index (κ3) is 4.91. The highest BCUT2D eigenvalue weighted by Gasteiger charge is 2.51. The zero-order valence-electron chi connectivity index (χ0n) is 21.5. The molecule has 0 aliphatic carbocycles. The SMILES string of the molecule is Nc1nc2c(ncn2[C@@H]2O[C@@H]3CO[PH](=O)O[C@H]4[C@@H](F)[C@H](n5cnc6c(N)ncnc65)O[C@@H]4CO[PH](=O)O[C@@H]2[C@@H]3F)c(=O)[nH]1. The van der Waals surface area contributed by atoms with Gasteiger partial charge in [0.15, 0.2) is 47.4 Å². The first-order valence-electron chi connectivity index (χ1n) is 12.6. The van der Waals surface area contributed by atoms with Gasteiger partial charge in [-0.05, 0) is 0 Å². The number of nitrogens with zero attached hydrogens (tertiary/aromatic N) is 7. The molecule has 0 radical (unpaired) electrons. The quantitative estimate of drug-likeness (QED) is 0.246. The fraction of sp³-hybridized carbons (Fsp3) is 0.500. The van der Waals surface area contributed by atoms with E-state index in [-0.39, 0.29) is 34.1 Å². The van der Waals surface area contributed by atoms with Gasteiger partial charge in [-0.1, -0.05) is 0 Å². The molecule has 0 aromatic carbocycles. The Hall–Kier alpha value is -3.42. The van der Waals surface area contributed by atoms with Crippen LogP contribution in [0.25, 0.3) is 22.3 Å². The van der Waals surface area contributed by atoms with Gasteiger partial charge in [-0.2, -0.15) is 4.98 Å². The van der Waals surface area contributed by atoms with Crippen LogP contribution in [-0.2, 0) is 36.7 Å². The lowest BCUT2D eigenvalue weighted by atomic mass is 10.1. The molecule has 2 unspecified atom stereocenters. The number of nitrogen functional groups attached to an aromatic ring is 2. The van der Waals surface area contributed by atoms with E-state index >= 15 is 8.78 Å². The summed E-state index contributed by atoms with van der Waals surface area (Å²) >= 11 is 0. The second-order valence-corrected chi connectivity index (χ2v) is 11.7. The summed E-state index contributed by atoms with van der Waals surface area (Å²) in [5, 5.41) is 0. The van der Waals surface area contributed by atoms with Crippen molar-refractivity contribution in [1.29, 1.82) is 0 Å². The number of nitrogens with two attached hydrogens (primary N) is 2. The molecule has 3 aliphatic heterocycles. The molecule has 4 aromatic heterocycles. The van der Waals surface area contributed by atoms with Gasteiger partial charge in [0.1, 0.15) is 36.3 Å². The minimum absolute atomic E-state index is 0.0598. The van der Waals surface area contributed by atoms with Crippen LogP contribution >= 0.6 is 16.5 Å². The van der Waals surface area contributed by atoms with E-state index in [1.807, 2.05) is 0 Å². The number of fused-ring (bicyclic) bond motifs is 5. The van der Waals surface area contributed by atoms with Crippen molar-refractivity contribution in [2.24, 2.45) is 0 Å². The van der Waals surface area contributed by atoms with Crippen molar-refractivity contribution in [1.82, 2.24) is 39.0 Å². The molecule has 43 heavy (non-hydrogen) atoms. The molecule has 3 fully saturated rings. The van der Waals surface area contributed by atoms with Crippen LogP contribution in [0.15, 0.2) is 23.8 Å². The third-order valence-corrected chi connectivity index (χ3v) is 8.85. The van der Waals surface area contributed by atoms with Crippen LogP contribution in [0.2, 0.25) is 0 Å². The van der Waals surface area contributed by atoms with E-state index in [0.29, 0.717) is 0 Å². The molecule has 19 nitrogen and oxygen atoms in total. The molecule has 3 saturated heterocycles. The normalized spacial score (nSPS) is 35.4. The van der Waals surface area contributed by atoms with Gasteiger partial charge in [0.2, 0.25) is 5.95 Å². The second kappa shape index (κ2) is 10.9. The monoisotopic (exact) mass is 646 g/mol. The largest absolute Gasteiger partial charge is 0.382 e. The van der Waals surface area contributed by atoms with Gasteiger partial charge < -0.3 is 34.5 Å². The molecule has 10 atom stereocenters. The Morgan fingerprint density at radius 2 is 1.49 bits per heavy atom. The lowest BCUT2D eigenvalue weighted by Crippen LogP contribution is -2.32. The first-order valence-corrected chi connectivity index (χ1v) is 15.1. The fourth-order valence-corrected chi connectivity index (χ4v) is 6.86. The molecule has 7 heterocycles. The number of rotatable bonds is 2. The average molecular weight is 646 g/mol. The molecule has 4 aromatic rings. The maximum atomic E-state index is 15.8. The molecule has 0 saturated carbocycles. The molecule has 7 rings (SSSR count). The zero-order chi connectivity index (χ0) is 30.0. The van der Waals surface area contributed by atoms with Crippen molar-refractivity contribution in [2.75, 3.05) is 24.7 Å². The predicted molar refractivity (Wildman–Crippen MR) is 140 cm³/mol. The maximum Gasteiger partial charge on any atom is 0.319 e. The predicted octanol–water partition coefficient (Wildman–Crippen LogP) is 0.191. The van der Waals surface area contributed by atoms with Crippen molar-refractivity contribution >= 4 is 50.6 Å². The Bertz CT molecular complexity index is 1810. The number of aromatic nitrogens is 8. The van der Waals surface area contributed by atoms with Gasteiger partial charge in [0.25, 0.3) is 5.56 Å². The van der Waals surface area contributed by atoms with Gasteiger partial charge >= 0.3 is 16.5 Å². The van der Waals surface area contributed by atoms with E-state index in [1.165, 1.54) is 21.8 Å². The van der Waals surface area contributed by atoms with E-state index in [0.717, 1.165) is 6.33 Å². The first-order chi connectivity index (χ1) is 20.7. The number of hydrogen-bond donors (Lipinski definition) is 3. The summed E-state index contributed by atoms with van der Waals surface area (Å²) in [5.41, 5.74) is 11.0. The van der Waals surface area contributed by atoms with Gasteiger partial charge in [0, 0.05) is 0 Å². The lowest BCUT2D eigenvalue weighted by Gasteiger charge is -2.22. The minimum atomic E-state index is -3.51. The van der Waals surface area contributed by atoms with E-state index in [2.05, 4.69) is 29.9 Å². The smallest absolute Gasteiger partial charge is 0.319 e. The first kappa shape index (κ1) is 28.4. The summed E-state index contributed by atoms with van der Waals surface area (Å²) in [7, 11) is -6.99. The van der Waals surface area contributed by atoms with E-state index in [9.17, 15) is 13.9 Å². The third-order valence-electron chi connectivity index (χ3n) is 7.11. The van der Waals surface area contributed by atoms with Crippen molar-refractivity contribution in [2.45, 2.75) is 49.2 Å². The number of halogens is 2. The van der Waals surface area contributed by atoms with Crippen molar-refractivity contribution in [3.05, 3.63) is 29.3 Å². The number of imidazole rings is 2. The van der Waals surface area contributed by atoms with E-state index < -0.39 is 84.5 Å². The number of anilines is 2. The van der Waals surface area contributed by atoms with Crippen molar-refractivity contribution in [3.63, 3.8) is 0 Å². The minimum Gasteiger partial charge on any atom is -0.382 e. The Kier molecular flexibility index (Phi) is 7.21. The summed E-state index contributed by atoms with van der Waals surface area (Å²) in [4.78, 5) is 34.5. The van der Waals surface area contributed by atoms with Gasteiger partial charge in [-0.25, -0.2) is 28.7 Å². The summed E-state index contributed by atoms with van der Waals surface area (Å²) in [5.74, 6) is -0.180. The summed E-state index contributed by atoms with van der Waals surface area (Å²) in [6.07, 6.45) is -8.97. The number of alkyl halides is 2. The molecule has 0 spiro atoms. The molecule has 0 amide bonds. The van der Waals surface area contributed by atoms with Crippen LogP contribution in [0.3, 0.4) is 0 Å². The molecule has 2 bridgehead atoms. The topological polar surface area (TPSA) is 249 Å². The summed E-state index contributed by atoms with van der Waals surface area (Å²) in [6, 6.07) is 0.